The van der Waals surface area contributed by atoms with Crippen LogP contribution in [0.15, 0.2) is 164 Å². The third-order valence-electron chi connectivity index (χ3n) is 9.45. The molecule has 2 nitrogen and oxygen atoms in total. The summed E-state index contributed by atoms with van der Waals surface area (Å²) in [6.07, 6.45) is 2.23. The van der Waals surface area contributed by atoms with Gasteiger partial charge < -0.3 is 10.5 Å². The summed E-state index contributed by atoms with van der Waals surface area (Å²) in [7, 11) is 0. The van der Waals surface area contributed by atoms with Gasteiger partial charge in [0.05, 0.1) is 0 Å². The molecule has 0 radical (unpaired) electrons. The van der Waals surface area contributed by atoms with Crippen LogP contribution in [0.5, 0.6) is 0 Å². The van der Waals surface area contributed by atoms with E-state index < -0.39 is 0 Å². The van der Waals surface area contributed by atoms with Crippen molar-refractivity contribution in [2.45, 2.75) is 19.4 Å². The average molecular weight is 606 g/mol. The van der Waals surface area contributed by atoms with E-state index in [9.17, 15) is 0 Å². The van der Waals surface area contributed by atoms with E-state index in [0.29, 0.717) is 5.76 Å². The molecule has 1 unspecified atom stereocenters. The Morgan fingerprint density at radius 2 is 0.936 bits per heavy atom. The van der Waals surface area contributed by atoms with Crippen LogP contribution in [-0.4, -0.2) is 0 Å². The lowest BCUT2D eigenvalue weighted by atomic mass is 9.90. The van der Waals surface area contributed by atoms with Gasteiger partial charge in [-0.3, -0.25) is 0 Å². The van der Waals surface area contributed by atoms with Gasteiger partial charge in [-0.2, -0.15) is 0 Å². The summed E-state index contributed by atoms with van der Waals surface area (Å²) < 4.78 is 6.91. The maximum absolute atomic E-state index is 6.91. The Morgan fingerprint density at radius 3 is 1.51 bits per heavy atom. The van der Waals surface area contributed by atoms with Gasteiger partial charge in [0.25, 0.3) is 0 Å². The standard InChI is InChI=1S/C45H35NO/c1-2-44(42-27-25-40(36-19-7-9-21-38(36)42)34-23-11-15-30-13-3-5-17-32(30)34)47-45(29-46)43-28-26-41(37-20-8-10-22-39(37)43)35-24-12-16-31-14-4-6-18-33(31)35/h3-29,44H,2,46H2,1H3/b45-29-. The Morgan fingerprint density at radius 1 is 0.489 bits per heavy atom. The van der Waals surface area contributed by atoms with Gasteiger partial charge in [-0.1, -0.05) is 159 Å². The van der Waals surface area contributed by atoms with Crippen molar-refractivity contribution in [3.05, 3.63) is 175 Å². The van der Waals surface area contributed by atoms with E-state index in [1.54, 1.807) is 6.20 Å². The summed E-state index contributed by atoms with van der Waals surface area (Å²) in [5, 5.41) is 9.65. The van der Waals surface area contributed by atoms with Crippen molar-refractivity contribution in [3.8, 4) is 22.3 Å². The van der Waals surface area contributed by atoms with Crippen LogP contribution in [0, 0.1) is 0 Å². The Bertz CT molecular complexity index is 2440. The lowest BCUT2D eigenvalue weighted by molar-refractivity contribution is 0.166. The molecule has 8 aromatic carbocycles. The van der Waals surface area contributed by atoms with Gasteiger partial charge in [0, 0.05) is 17.3 Å². The molecular weight excluding hydrogens is 571 g/mol. The predicted octanol–water partition coefficient (Wildman–Crippen LogP) is 12.1. The number of rotatable bonds is 7. The van der Waals surface area contributed by atoms with Crippen LogP contribution in [0.2, 0.25) is 0 Å². The molecule has 47 heavy (non-hydrogen) atoms. The molecule has 0 aliphatic carbocycles. The Labute approximate surface area is 275 Å². The molecule has 0 heterocycles. The molecule has 0 aliphatic heterocycles. The number of ether oxygens (including phenoxy) is 1. The normalized spacial score (nSPS) is 12.6. The van der Waals surface area contributed by atoms with Gasteiger partial charge in [0.1, 0.15) is 11.9 Å². The molecule has 0 spiro atoms. The molecule has 1 atom stereocenters. The van der Waals surface area contributed by atoms with Crippen LogP contribution < -0.4 is 5.73 Å². The highest BCUT2D eigenvalue weighted by Crippen LogP contribution is 2.41. The lowest BCUT2D eigenvalue weighted by Gasteiger charge is -2.24. The van der Waals surface area contributed by atoms with E-state index in [1.165, 1.54) is 60.0 Å². The van der Waals surface area contributed by atoms with Crippen LogP contribution in [0.3, 0.4) is 0 Å². The zero-order valence-corrected chi connectivity index (χ0v) is 26.4. The summed E-state index contributed by atoms with van der Waals surface area (Å²) in [4.78, 5) is 0. The quantitative estimate of drug-likeness (QED) is 0.183. The molecule has 2 heteroatoms. The van der Waals surface area contributed by atoms with Crippen molar-refractivity contribution in [1.82, 2.24) is 0 Å². The van der Waals surface area contributed by atoms with Gasteiger partial charge >= 0.3 is 0 Å². The Kier molecular flexibility index (Phi) is 7.39. The molecule has 0 saturated heterocycles. The van der Waals surface area contributed by atoms with E-state index >= 15 is 0 Å². The number of fused-ring (bicyclic) bond motifs is 4. The summed E-state index contributed by atoms with van der Waals surface area (Å²) in [6, 6.07) is 56.3. The third kappa shape index (κ3) is 4.99. The molecule has 0 aromatic heterocycles. The first-order valence-corrected chi connectivity index (χ1v) is 16.3. The molecule has 0 fully saturated rings. The maximum Gasteiger partial charge on any atom is 0.143 e. The SMILES string of the molecule is CCC(O/C(=C\N)c1ccc(-c2cccc3ccccc23)c2ccccc12)c1ccc(-c2cccc3ccccc23)c2ccccc12. The molecule has 2 N–H and O–H groups in total. The minimum atomic E-state index is -0.187. The number of nitrogens with two attached hydrogens (primary N) is 1. The molecule has 8 aromatic rings. The Hall–Kier alpha value is -5.86. The summed E-state index contributed by atoms with van der Waals surface area (Å²) >= 11 is 0. The minimum Gasteiger partial charge on any atom is -0.484 e. The Balaban J connectivity index is 1.21. The van der Waals surface area contributed by atoms with Crippen LogP contribution in [0.25, 0.3) is 71.1 Å². The highest BCUT2D eigenvalue weighted by atomic mass is 16.5. The van der Waals surface area contributed by atoms with Crippen molar-refractivity contribution in [1.29, 1.82) is 0 Å². The molecule has 0 bridgehead atoms. The van der Waals surface area contributed by atoms with Gasteiger partial charge in [0.2, 0.25) is 0 Å². The largest absolute Gasteiger partial charge is 0.484 e. The first-order chi connectivity index (χ1) is 23.2. The van der Waals surface area contributed by atoms with Gasteiger partial charge in [-0.15, -0.1) is 0 Å². The van der Waals surface area contributed by atoms with Crippen LogP contribution in [-0.2, 0) is 4.74 Å². The smallest absolute Gasteiger partial charge is 0.143 e. The summed E-state index contributed by atoms with van der Waals surface area (Å²) in [5.41, 5.74) is 13.4. The summed E-state index contributed by atoms with van der Waals surface area (Å²) in [6.45, 7) is 2.17. The van der Waals surface area contributed by atoms with E-state index in [-0.39, 0.29) is 6.10 Å². The molecule has 226 valence electrons. The van der Waals surface area contributed by atoms with Gasteiger partial charge in [-0.05, 0) is 77.8 Å². The minimum absolute atomic E-state index is 0.187. The second-order valence-corrected chi connectivity index (χ2v) is 12.1. The maximum atomic E-state index is 6.91. The molecule has 0 aliphatic rings. The van der Waals surface area contributed by atoms with Gasteiger partial charge in [-0.25, -0.2) is 0 Å². The molecule has 0 saturated carbocycles. The monoisotopic (exact) mass is 605 g/mol. The number of benzene rings is 8. The zero-order chi connectivity index (χ0) is 31.7. The topological polar surface area (TPSA) is 35.2 Å². The first kappa shape index (κ1) is 28.6. The molecule has 0 amide bonds. The highest BCUT2D eigenvalue weighted by molar-refractivity contribution is 6.08. The second-order valence-electron chi connectivity index (χ2n) is 12.1. The summed E-state index contributed by atoms with van der Waals surface area (Å²) in [5.74, 6) is 0.680. The van der Waals surface area contributed by atoms with E-state index in [0.717, 1.165) is 22.9 Å². The molecular formula is C45H35NO. The number of hydrogen-bond donors (Lipinski definition) is 1. The van der Waals surface area contributed by atoms with Crippen molar-refractivity contribution in [2.24, 2.45) is 5.73 Å². The van der Waals surface area contributed by atoms with E-state index in [1.807, 2.05) is 0 Å². The van der Waals surface area contributed by atoms with Crippen LogP contribution >= 0.6 is 0 Å². The van der Waals surface area contributed by atoms with Crippen LogP contribution in [0.4, 0.5) is 0 Å². The van der Waals surface area contributed by atoms with E-state index in [2.05, 4.69) is 165 Å². The average Bonchev–Trinajstić information content (AvgIpc) is 3.14. The lowest BCUT2D eigenvalue weighted by Crippen LogP contribution is -2.06. The fourth-order valence-corrected chi connectivity index (χ4v) is 7.22. The van der Waals surface area contributed by atoms with Crippen molar-refractivity contribution >= 4 is 48.8 Å². The number of hydrogen-bond acceptors (Lipinski definition) is 2. The molecule has 8 rings (SSSR count). The van der Waals surface area contributed by atoms with Crippen molar-refractivity contribution < 1.29 is 4.74 Å². The third-order valence-corrected chi connectivity index (χ3v) is 9.45. The fourth-order valence-electron chi connectivity index (χ4n) is 7.22. The zero-order valence-electron chi connectivity index (χ0n) is 26.4. The first-order valence-electron chi connectivity index (χ1n) is 16.3. The highest BCUT2D eigenvalue weighted by Gasteiger charge is 2.21. The van der Waals surface area contributed by atoms with Crippen molar-refractivity contribution in [3.63, 3.8) is 0 Å². The van der Waals surface area contributed by atoms with Gasteiger partial charge in [0.15, 0.2) is 0 Å². The van der Waals surface area contributed by atoms with Crippen molar-refractivity contribution in [2.75, 3.05) is 0 Å². The van der Waals surface area contributed by atoms with Crippen LogP contribution in [0.1, 0.15) is 30.6 Å². The second kappa shape index (κ2) is 12.2. The predicted molar refractivity (Wildman–Crippen MR) is 200 cm³/mol. The fraction of sp³-hybridized carbons (Fsp3) is 0.0667. The van der Waals surface area contributed by atoms with E-state index in [4.69, 9.17) is 10.5 Å².